The number of alkyl halides is 3. The van der Waals surface area contributed by atoms with Crippen LogP contribution in [0.5, 0.6) is 0 Å². The van der Waals surface area contributed by atoms with Crippen LogP contribution < -0.4 is 0 Å². The molecule has 0 heterocycles. The van der Waals surface area contributed by atoms with Crippen molar-refractivity contribution in [2.75, 3.05) is 0 Å². The average Bonchev–Trinajstić information content (AvgIpc) is 2.02. The van der Waals surface area contributed by atoms with Crippen LogP contribution in [-0.4, -0.2) is 13.9 Å². The first-order valence-corrected chi connectivity index (χ1v) is 5.51. The van der Waals surface area contributed by atoms with Crippen molar-refractivity contribution in [3.8, 4) is 0 Å². The Morgan fingerprint density at radius 1 is 1.29 bits per heavy atom. The van der Waals surface area contributed by atoms with Crippen LogP contribution in [0.4, 0.5) is 13.2 Å². The Morgan fingerprint density at radius 2 is 1.86 bits per heavy atom. The Balaban J connectivity index is 3.32. The largest absolute Gasteiger partial charge is 0.501 e. The minimum atomic E-state index is -5.28. The normalized spacial score (nSPS) is 12.9. The van der Waals surface area contributed by atoms with Gasteiger partial charge in [0.2, 0.25) is 0 Å². The molecule has 0 atom stereocenters. The minimum Gasteiger partial charge on any atom is -0.214 e. The second-order valence-electron chi connectivity index (χ2n) is 2.34. The smallest absolute Gasteiger partial charge is 0.214 e. The first kappa shape index (κ1) is 11.5. The van der Waals surface area contributed by atoms with Crippen molar-refractivity contribution < 1.29 is 21.6 Å². The van der Waals surface area contributed by atoms with Crippen LogP contribution >= 0.6 is 15.9 Å². The zero-order valence-corrected chi connectivity index (χ0v) is 8.87. The van der Waals surface area contributed by atoms with Crippen molar-refractivity contribution >= 4 is 25.8 Å². The molecule has 0 spiro atoms. The van der Waals surface area contributed by atoms with E-state index in [1.54, 1.807) is 0 Å². The highest BCUT2D eigenvalue weighted by Crippen LogP contribution is 2.30. The Morgan fingerprint density at radius 3 is 2.29 bits per heavy atom. The average molecular weight is 288 g/mol. The monoisotopic (exact) mass is 287 g/mol. The van der Waals surface area contributed by atoms with Crippen LogP contribution in [0.25, 0.3) is 0 Å². The lowest BCUT2D eigenvalue weighted by Gasteiger charge is -2.07. The summed E-state index contributed by atoms with van der Waals surface area (Å²) in [5, 5.41) is 0. The highest BCUT2D eigenvalue weighted by atomic mass is 79.9. The first-order valence-electron chi connectivity index (χ1n) is 3.23. The molecule has 0 saturated heterocycles. The zero-order valence-electron chi connectivity index (χ0n) is 6.47. The summed E-state index contributed by atoms with van der Waals surface area (Å²) >= 11 is 2.86. The van der Waals surface area contributed by atoms with Crippen LogP contribution in [0.2, 0.25) is 0 Å². The molecule has 14 heavy (non-hydrogen) atoms. The molecule has 1 aromatic carbocycles. The van der Waals surface area contributed by atoms with Crippen molar-refractivity contribution in [3.05, 3.63) is 28.7 Å². The second kappa shape index (κ2) is 3.54. The van der Waals surface area contributed by atoms with E-state index in [2.05, 4.69) is 22.0 Å². The van der Waals surface area contributed by atoms with Gasteiger partial charge < -0.3 is 0 Å². The van der Waals surface area contributed by atoms with Gasteiger partial charge in [-0.2, -0.15) is 13.2 Å². The van der Waals surface area contributed by atoms with Crippen LogP contribution in [0, 0.1) is 6.07 Å². The summed E-state index contributed by atoms with van der Waals surface area (Å²) in [4.78, 5) is -0.820. The maximum atomic E-state index is 12.0. The Bertz CT molecular complexity index is 438. The maximum Gasteiger partial charge on any atom is 0.501 e. The SMILES string of the molecule is O=S(=O)(c1c[c]cc(Br)c1)C(F)(F)F. The lowest BCUT2D eigenvalue weighted by atomic mass is 10.4. The Hall–Kier alpha value is -0.560. The summed E-state index contributed by atoms with van der Waals surface area (Å²) in [5.41, 5.74) is -5.28. The molecule has 0 aliphatic heterocycles. The summed E-state index contributed by atoms with van der Waals surface area (Å²) < 4.78 is 58.0. The van der Waals surface area contributed by atoms with Crippen LogP contribution in [0.3, 0.4) is 0 Å². The molecular formula is C7H3BrF3O2S. The quantitative estimate of drug-likeness (QED) is 0.795. The predicted octanol–water partition coefficient (Wildman–Crippen LogP) is 2.54. The third-order valence-corrected chi connectivity index (χ3v) is 3.27. The summed E-state index contributed by atoms with van der Waals surface area (Å²) in [5.74, 6) is 0. The van der Waals surface area contributed by atoms with Gasteiger partial charge in [0.05, 0.1) is 4.90 Å². The van der Waals surface area contributed by atoms with Crippen molar-refractivity contribution in [3.63, 3.8) is 0 Å². The minimum absolute atomic E-state index is 0.225. The molecule has 0 aliphatic rings. The third kappa shape index (κ3) is 2.09. The molecule has 0 bridgehead atoms. The molecule has 0 aliphatic carbocycles. The molecule has 0 unspecified atom stereocenters. The van der Waals surface area contributed by atoms with Gasteiger partial charge in [0.15, 0.2) is 0 Å². The molecule has 0 N–H and O–H groups in total. The van der Waals surface area contributed by atoms with Crippen molar-refractivity contribution in [1.29, 1.82) is 0 Å². The van der Waals surface area contributed by atoms with Gasteiger partial charge >= 0.3 is 5.51 Å². The summed E-state index contributed by atoms with van der Waals surface area (Å²) in [7, 11) is -5.26. The fourth-order valence-corrected chi connectivity index (χ4v) is 2.01. The molecule has 77 valence electrons. The summed E-state index contributed by atoms with van der Waals surface area (Å²) in [6, 6.07) is 5.24. The van der Waals surface area contributed by atoms with Crippen LogP contribution in [0.15, 0.2) is 27.6 Å². The third-order valence-electron chi connectivity index (χ3n) is 1.34. The molecule has 1 radical (unpaired) electrons. The van der Waals surface area contributed by atoms with Gasteiger partial charge in [-0.25, -0.2) is 8.42 Å². The van der Waals surface area contributed by atoms with Gasteiger partial charge in [0.25, 0.3) is 9.84 Å². The lowest BCUT2D eigenvalue weighted by Crippen LogP contribution is -2.23. The Labute approximate surface area is 86.8 Å². The molecule has 2 nitrogen and oxygen atoms in total. The van der Waals surface area contributed by atoms with Gasteiger partial charge in [0, 0.05) is 4.47 Å². The first-order chi connectivity index (χ1) is 6.25. The van der Waals surface area contributed by atoms with E-state index in [9.17, 15) is 21.6 Å². The number of hydrogen-bond acceptors (Lipinski definition) is 2. The fraction of sp³-hybridized carbons (Fsp3) is 0.143. The van der Waals surface area contributed by atoms with E-state index in [1.807, 2.05) is 0 Å². The van der Waals surface area contributed by atoms with Gasteiger partial charge in [-0.1, -0.05) is 15.9 Å². The van der Waals surface area contributed by atoms with Crippen molar-refractivity contribution in [2.45, 2.75) is 10.4 Å². The van der Waals surface area contributed by atoms with E-state index < -0.39 is 20.2 Å². The van der Waals surface area contributed by atoms with E-state index in [1.165, 1.54) is 6.07 Å². The molecule has 0 aromatic heterocycles. The number of rotatable bonds is 1. The Kier molecular flexibility index (Phi) is 2.91. The van der Waals surface area contributed by atoms with Gasteiger partial charge in [-0.05, 0) is 24.3 Å². The van der Waals surface area contributed by atoms with Gasteiger partial charge in [-0.15, -0.1) is 0 Å². The predicted molar refractivity (Wildman–Crippen MR) is 46.2 cm³/mol. The molecule has 1 rings (SSSR count). The number of hydrogen-bond donors (Lipinski definition) is 0. The highest BCUT2D eigenvalue weighted by Gasteiger charge is 2.46. The van der Waals surface area contributed by atoms with E-state index in [4.69, 9.17) is 0 Å². The van der Waals surface area contributed by atoms with Crippen molar-refractivity contribution in [1.82, 2.24) is 0 Å². The number of benzene rings is 1. The fourth-order valence-electron chi connectivity index (χ4n) is 0.711. The molecule has 1 aromatic rings. The van der Waals surface area contributed by atoms with Crippen LogP contribution in [-0.2, 0) is 9.84 Å². The van der Waals surface area contributed by atoms with E-state index in [-0.39, 0.29) is 4.47 Å². The molecule has 0 amide bonds. The molecule has 0 fully saturated rings. The number of sulfone groups is 1. The van der Waals surface area contributed by atoms with E-state index in [0.717, 1.165) is 12.1 Å². The summed E-state index contributed by atoms with van der Waals surface area (Å²) in [6.07, 6.45) is 0. The molecule has 0 saturated carbocycles. The molecular weight excluding hydrogens is 285 g/mol. The molecule has 7 heteroatoms. The van der Waals surface area contributed by atoms with Crippen molar-refractivity contribution in [2.24, 2.45) is 0 Å². The van der Waals surface area contributed by atoms with E-state index in [0.29, 0.717) is 0 Å². The van der Waals surface area contributed by atoms with E-state index >= 15 is 0 Å². The lowest BCUT2D eigenvalue weighted by molar-refractivity contribution is -0.0436. The van der Waals surface area contributed by atoms with Crippen LogP contribution in [0.1, 0.15) is 0 Å². The highest BCUT2D eigenvalue weighted by molar-refractivity contribution is 9.10. The summed E-state index contributed by atoms with van der Waals surface area (Å²) in [6.45, 7) is 0. The van der Waals surface area contributed by atoms with Gasteiger partial charge in [0.1, 0.15) is 0 Å². The van der Waals surface area contributed by atoms with Gasteiger partial charge in [-0.3, -0.25) is 0 Å². The topological polar surface area (TPSA) is 34.1 Å². The number of halogens is 4. The second-order valence-corrected chi connectivity index (χ2v) is 5.19. The zero-order chi connectivity index (χ0) is 11.0. The standard InChI is InChI=1S/C7H3BrF3O2S/c8-5-2-1-3-6(4-5)14(12,13)7(9,10)11/h2-4H. The maximum absolute atomic E-state index is 12.0.